The molecule has 0 radical (unpaired) electrons. The van der Waals surface area contributed by atoms with E-state index < -0.39 is 11.9 Å². The van der Waals surface area contributed by atoms with E-state index in [0.29, 0.717) is 10.9 Å². The second-order valence-electron chi connectivity index (χ2n) is 5.67. The van der Waals surface area contributed by atoms with Crippen LogP contribution in [-0.4, -0.2) is 50.6 Å². The third kappa shape index (κ3) is 5.78. The van der Waals surface area contributed by atoms with Crippen molar-refractivity contribution in [3.63, 3.8) is 0 Å². The fourth-order valence-electron chi connectivity index (χ4n) is 2.37. The van der Waals surface area contributed by atoms with Gasteiger partial charge < -0.3 is 14.8 Å². The summed E-state index contributed by atoms with van der Waals surface area (Å²) in [7, 11) is 4.28. The van der Waals surface area contributed by atoms with Gasteiger partial charge in [0, 0.05) is 11.4 Å². The predicted octanol–water partition coefficient (Wildman–Crippen LogP) is 3.05. The zero-order valence-corrected chi connectivity index (χ0v) is 16.6. The Morgan fingerprint density at radius 2 is 1.81 bits per heavy atom. The molecule has 0 bridgehead atoms. The Morgan fingerprint density at radius 3 is 2.41 bits per heavy atom. The molecule has 0 saturated heterocycles. The number of hydrogen-bond acceptors (Lipinski definition) is 7. The molecule has 0 aliphatic heterocycles. The van der Waals surface area contributed by atoms with Crippen LogP contribution in [0.15, 0.2) is 30.3 Å². The number of hydrogen-bond donors (Lipinski definition) is 1. The molecule has 1 heterocycles. The SMILES string of the molecule is COC(=O)c1ccc(C(=O)OC)c(NC(=O)CN(C)Cc2ccc(Cl)s2)c1. The first-order valence-corrected chi connectivity index (χ1v) is 9.06. The van der Waals surface area contributed by atoms with Crippen LogP contribution in [0.4, 0.5) is 5.69 Å². The van der Waals surface area contributed by atoms with E-state index in [2.05, 4.69) is 10.1 Å². The maximum Gasteiger partial charge on any atom is 0.339 e. The topological polar surface area (TPSA) is 84.9 Å². The van der Waals surface area contributed by atoms with E-state index in [-0.39, 0.29) is 29.3 Å². The smallest absolute Gasteiger partial charge is 0.339 e. The molecule has 144 valence electrons. The Balaban J connectivity index is 2.12. The molecule has 0 aliphatic carbocycles. The minimum atomic E-state index is -0.622. The van der Waals surface area contributed by atoms with Gasteiger partial charge in [0.25, 0.3) is 0 Å². The molecule has 0 aliphatic rings. The maximum atomic E-state index is 12.4. The number of carbonyl (C=O) groups is 3. The maximum absolute atomic E-state index is 12.4. The van der Waals surface area contributed by atoms with Gasteiger partial charge in [-0.2, -0.15) is 0 Å². The number of likely N-dealkylation sites (N-methyl/N-ethyl adjacent to an activating group) is 1. The van der Waals surface area contributed by atoms with Crippen molar-refractivity contribution in [2.75, 3.05) is 33.1 Å². The van der Waals surface area contributed by atoms with Crippen LogP contribution in [0.3, 0.4) is 0 Å². The normalized spacial score (nSPS) is 10.6. The molecule has 1 aromatic heterocycles. The van der Waals surface area contributed by atoms with Crippen LogP contribution < -0.4 is 5.32 Å². The number of benzene rings is 1. The van der Waals surface area contributed by atoms with Gasteiger partial charge in [-0.25, -0.2) is 9.59 Å². The number of amides is 1. The Bertz CT molecular complexity index is 852. The lowest BCUT2D eigenvalue weighted by Gasteiger charge is -2.16. The summed E-state index contributed by atoms with van der Waals surface area (Å²) in [6, 6.07) is 7.92. The summed E-state index contributed by atoms with van der Waals surface area (Å²) in [5.74, 6) is -1.54. The van der Waals surface area contributed by atoms with Gasteiger partial charge in [0.05, 0.1) is 41.9 Å². The summed E-state index contributed by atoms with van der Waals surface area (Å²) in [5, 5.41) is 2.66. The van der Waals surface area contributed by atoms with Gasteiger partial charge in [0.2, 0.25) is 5.91 Å². The van der Waals surface area contributed by atoms with Gasteiger partial charge in [0.1, 0.15) is 0 Å². The number of thiophene rings is 1. The molecule has 2 aromatic rings. The molecule has 1 amide bonds. The van der Waals surface area contributed by atoms with Gasteiger partial charge in [0.15, 0.2) is 0 Å². The van der Waals surface area contributed by atoms with E-state index in [0.717, 1.165) is 4.88 Å². The molecule has 1 N–H and O–H groups in total. The molecular weight excluding hydrogens is 392 g/mol. The molecule has 1 aromatic carbocycles. The summed E-state index contributed by atoms with van der Waals surface area (Å²) in [6.07, 6.45) is 0. The zero-order chi connectivity index (χ0) is 20.0. The van der Waals surface area contributed by atoms with Crippen molar-refractivity contribution in [1.29, 1.82) is 0 Å². The Labute approximate surface area is 165 Å². The van der Waals surface area contributed by atoms with E-state index in [1.807, 2.05) is 6.07 Å². The lowest BCUT2D eigenvalue weighted by Crippen LogP contribution is -2.30. The second kappa shape index (κ2) is 9.50. The van der Waals surface area contributed by atoms with Crippen LogP contribution in [0.1, 0.15) is 25.6 Å². The van der Waals surface area contributed by atoms with E-state index in [9.17, 15) is 14.4 Å². The minimum absolute atomic E-state index is 0.0819. The van der Waals surface area contributed by atoms with Gasteiger partial charge in [-0.1, -0.05) is 11.6 Å². The highest BCUT2D eigenvalue weighted by Crippen LogP contribution is 2.23. The van der Waals surface area contributed by atoms with Crippen molar-refractivity contribution in [2.24, 2.45) is 0 Å². The monoisotopic (exact) mass is 410 g/mol. The van der Waals surface area contributed by atoms with Gasteiger partial charge in [-0.15, -0.1) is 11.3 Å². The standard InChI is InChI=1S/C18H19ClN2O5S/c1-21(9-12-5-7-15(19)27-12)10-16(22)20-14-8-11(17(23)25-2)4-6-13(14)18(24)26-3/h4-8H,9-10H2,1-3H3,(H,20,22). The highest BCUT2D eigenvalue weighted by atomic mass is 35.5. The van der Waals surface area contributed by atoms with Crippen LogP contribution in [0.25, 0.3) is 0 Å². The number of carbonyl (C=O) groups excluding carboxylic acids is 3. The first-order valence-electron chi connectivity index (χ1n) is 7.87. The van der Waals surface area contributed by atoms with Gasteiger partial charge >= 0.3 is 11.9 Å². The number of methoxy groups -OCH3 is 2. The van der Waals surface area contributed by atoms with Crippen molar-refractivity contribution < 1.29 is 23.9 Å². The van der Waals surface area contributed by atoms with E-state index in [1.165, 1.54) is 43.8 Å². The van der Waals surface area contributed by atoms with Gasteiger partial charge in [-0.3, -0.25) is 9.69 Å². The molecule has 2 rings (SSSR count). The summed E-state index contributed by atoms with van der Waals surface area (Å²) in [4.78, 5) is 38.9. The van der Waals surface area contributed by atoms with E-state index >= 15 is 0 Å². The third-order valence-electron chi connectivity index (χ3n) is 3.59. The number of halogens is 1. The molecule has 0 spiro atoms. The van der Waals surface area contributed by atoms with Crippen LogP contribution in [0, 0.1) is 0 Å². The number of rotatable bonds is 7. The average Bonchev–Trinajstić information content (AvgIpc) is 3.04. The number of nitrogens with one attached hydrogen (secondary N) is 1. The largest absolute Gasteiger partial charge is 0.465 e. The van der Waals surface area contributed by atoms with Crippen molar-refractivity contribution >= 4 is 46.5 Å². The molecule has 0 saturated carbocycles. The summed E-state index contributed by atoms with van der Waals surface area (Å²) in [5.41, 5.74) is 0.538. The van der Waals surface area contributed by atoms with Crippen molar-refractivity contribution in [3.05, 3.63) is 50.7 Å². The molecular formula is C18H19ClN2O5S. The lowest BCUT2D eigenvalue weighted by atomic mass is 10.1. The summed E-state index contributed by atoms with van der Waals surface area (Å²) in [6.45, 7) is 0.634. The summed E-state index contributed by atoms with van der Waals surface area (Å²) >= 11 is 7.35. The van der Waals surface area contributed by atoms with E-state index in [4.69, 9.17) is 16.3 Å². The van der Waals surface area contributed by atoms with E-state index in [1.54, 1.807) is 18.0 Å². The zero-order valence-electron chi connectivity index (χ0n) is 15.1. The Morgan fingerprint density at radius 1 is 1.11 bits per heavy atom. The summed E-state index contributed by atoms with van der Waals surface area (Å²) < 4.78 is 10.1. The van der Waals surface area contributed by atoms with Crippen LogP contribution >= 0.6 is 22.9 Å². The van der Waals surface area contributed by atoms with Crippen molar-refractivity contribution in [1.82, 2.24) is 4.90 Å². The molecule has 0 unspecified atom stereocenters. The first-order chi connectivity index (χ1) is 12.8. The van der Waals surface area contributed by atoms with Crippen LogP contribution in [0.5, 0.6) is 0 Å². The highest BCUT2D eigenvalue weighted by Gasteiger charge is 2.18. The Hall–Kier alpha value is -2.42. The first kappa shape index (κ1) is 20.9. The fourth-order valence-corrected chi connectivity index (χ4v) is 3.54. The highest BCUT2D eigenvalue weighted by molar-refractivity contribution is 7.16. The number of ether oxygens (including phenoxy) is 2. The number of nitrogens with zero attached hydrogens (tertiary/aromatic N) is 1. The number of esters is 2. The quantitative estimate of drug-likeness (QED) is 0.706. The lowest BCUT2D eigenvalue weighted by molar-refractivity contribution is -0.117. The molecule has 0 atom stereocenters. The molecule has 7 nitrogen and oxygen atoms in total. The van der Waals surface area contributed by atoms with Crippen molar-refractivity contribution in [3.8, 4) is 0 Å². The van der Waals surface area contributed by atoms with Gasteiger partial charge in [-0.05, 0) is 37.4 Å². The van der Waals surface area contributed by atoms with Crippen LogP contribution in [-0.2, 0) is 20.8 Å². The Kier molecular flexibility index (Phi) is 7.35. The molecule has 0 fully saturated rings. The average molecular weight is 411 g/mol. The fraction of sp³-hybridized carbons (Fsp3) is 0.278. The second-order valence-corrected chi connectivity index (χ2v) is 7.47. The molecule has 9 heteroatoms. The third-order valence-corrected chi connectivity index (χ3v) is 4.80. The number of anilines is 1. The van der Waals surface area contributed by atoms with Crippen LogP contribution in [0.2, 0.25) is 4.34 Å². The molecule has 27 heavy (non-hydrogen) atoms. The predicted molar refractivity (Wildman–Crippen MR) is 103 cm³/mol. The minimum Gasteiger partial charge on any atom is -0.465 e. The van der Waals surface area contributed by atoms with Crippen molar-refractivity contribution in [2.45, 2.75) is 6.54 Å².